The third-order valence-electron chi connectivity index (χ3n) is 2.74. The highest BCUT2D eigenvalue weighted by Gasteiger charge is 2.11. The maximum atomic E-state index is 13.0. The molecule has 0 bridgehead atoms. The zero-order valence-corrected chi connectivity index (χ0v) is 10.4. The number of imidazole rings is 1. The third kappa shape index (κ3) is 3.57. The maximum Gasteiger partial charge on any atom is 0.194 e. The number of aromatic nitrogens is 2. The molecule has 6 heteroatoms. The highest BCUT2D eigenvalue weighted by Crippen LogP contribution is 2.13. The van der Waals surface area contributed by atoms with E-state index < -0.39 is 17.5 Å². The molecule has 0 fully saturated rings. The van der Waals surface area contributed by atoms with E-state index in [9.17, 15) is 13.2 Å². The second-order valence-electron chi connectivity index (χ2n) is 4.41. The Balaban J connectivity index is 1.91. The fourth-order valence-electron chi connectivity index (χ4n) is 1.78. The van der Waals surface area contributed by atoms with Gasteiger partial charge in [0, 0.05) is 31.5 Å². The molecule has 0 radical (unpaired) electrons. The molecule has 1 aromatic heterocycles. The topological polar surface area (TPSA) is 29.9 Å². The minimum absolute atomic E-state index is 0.0883. The SMILES string of the molecule is CC(Cn1ccnc1)NCc1cc(F)c(F)c(F)c1. The molecule has 19 heavy (non-hydrogen) atoms. The van der Waals surface area contributed by atoms with Crippen molar-refractivity contribution >= 4 is 0 Å². The molecule has 3 nitrogen and oxygen atoms in total. The number of halogens is 3. The van der Waals surface area contributed by atoms with Crippen molar-refractivity contribution in [2.24, 2.45) is 0 Å². The van der Waals surface area contributed by atoms with Crippen LogP contribution in [0, 0.1) is 17.5 Å². The van der Waals surface area contributed by atoms with Crippen LogP contribution < -0.4 is 5.32 Å². The van der Waals surface area contributed by atoms with E-state index in [-0.39, 0.29) is 12.6 Å². The number of hydrogen-bond acceptors (Lipinski definition) is 2. The van der Waals surface area contributed by atoms with Gasteiger partial charge in [0.2, 0.25) is 0 Å². The molecule has 0 aliphatic carbocycles. The van der Waals surface area contributed by atoms with Gasteiger partial charge in [-0.25, -0.2) is 18.2 Å². The summed E-state index contributed by atoms with van der Waals surface area (Å²) in [5.74, 6) is -3.77. The van der Waals surface area contributed by atoms with Crippen molar-refractivity contribution in [2.45, 2.75) is 26.1 Å². The van der Waals surface area contributed by atoms with Crippen LogP contribution in [0.15, 0.2) is 30.9 Å². The van der Waals surface area contributed by atoms with Crippen molar-refractivity contribution in [1.82, 2.24) is 14.9 Å². The number of nitrogens with one attached hydrogen (secondary N) is 1. The van der Waals surface area contributed by atoms with Crippen molar-refractivity contribution in [1.29, 1.82) is 0 Å². The fourth-order valence-corrected chi connectivity index (χ4v) is 1.78. The fraction of sp³-hybridized carbons (Fsp3) is 0.308. The quantitative estimate of drug-likeness (QED) is 0.845. The van der Waals surface area contributed by atoms with Gasteiger partial charge in [0.1, 0.15) is 0 Å². The minimum atomic E-state index is -1.43. The molecule has 1 aromatic carbocycles. The lowest BCUT2D eigenvalue weighted by Gasteiger charge is -2.14. The number of nitrogens with zero attached hydrogens (tertiary/aromatic N) is 2. The first-order valence-corrected chi connectivity index (χ1v) is 5.89. The Morgan fingerprint density at radius 1 is 1.26 bits per heavy atom. The summed E-state index contributed by atoms with van der Waals surface area (Å²) in [6.45, 7) is 2.90. The van der Waals surface area contributed by atoms with E-state index in [4.69, 9.17) is 0 Å². The Morgan fingerprint density at radius 2 is 1.95 bits per heavy atom. The molecule has 102 valence electrons. The van der Waals surface area contributed by atoms with Gasteiger partial charge in [-0.1, -0.05) is 0 Å². The molecule has 1 heterocycles. The lowest BCUT2D eigenvalue weighted by atomic mass is 10.2. The second kappa shape index (κ2) is 5.88. The van der Waals surface area contributed by atoms with Crippen molar-refractivity contribution in [3.8, 4) is 0 Å². The van der Waals surface area contributed by atoms with Crippen LogP contribution in [0.4, 0.5) is 13.2 Å². The van der Waals surface area contributed by atoms with Crippen molar-refractivity contribution in [3.05, 3.63) is 53.9 Å². The summed E-state index contributed by atoms with van der Waals surface area (Å²) in [6, 6.07) is 2.08. The summed E-state index contributed by atoms with van der Waals surface area (Å²) >= 11 is 0. The van der Waals surface area contributed by atoms with Gasteiger partial charge in [-0.15, -0.1) is 0 Å². The average Bonchev–Trinajstić information content (AvgIpc) is 2.86. The number of rotatable bonds is 5. The standard InChI is InChI=1S/C13H14F3N3/c1-9(7-19-3-2-17-8-19)18-6-10-4-11(14)13(16)12(15)5-10/h2-5,8-9,18H,6-7H2,1H3. The van der Waals surface area contributed by atoms with E-state index in [1.54, 1.807) is 12.5 Å². The van der Waals surface area contributed by atoms with Crippen molar-refractivity contribution in [2.75, 3.05) is 0 Å². The summed E-state index contributed by atoms with van der Waals surface area (Å²) in [5, 5.41) is 3.11. The monoisotopic (exact) mass is 269 g/mol. The zero-order valence-electron chi connectivity index (χ0n) is 10.4. The van der Waals surface area contributed by atoms with E-state index in [2.05, 4.69) is 10.3 Å². The summed E-state index contributed by atoms with van der Waals surface area (Å²) in [4.78, 5) is 3.92. The predicted octanol–water partition coefficient (Wildman–Crippen LogP) is 2.48. The van der Waals surface area contributed by atoms with Gasteiger partial charge >= 0.3 is 0 Å². The molecule has 0 saturated heterocycles. The smallest absolute Gasteiger partial charge is 0.194 e. The van der Waals surface area contributed by atoms with Crippen LogP contribution in [-0.2, 0) is 13.1 Å². The molecule has 1 unspecified atom stereocenters. The first-order chi connectivity index (χ1) is 9.06. The van der Waals surface area contributed by atoms with Crippen LogP contribution in [0.25, 0.3) is 0 Å². The Bertz CT molecular complexity index is 517. The van der Waals surface area contributed by atoms with Crippen LogP contribution in [0.5, 0.6) is 0 Å². The molecular weight excluding hydrogens is 255 g/mol. The minimum Gasteiger partial charge on any atom is -0.336 e. The molecule has 2 aromatic rings. The van der Waals surface area contributed by atoms with Gasteiger partial charge in [-0.3, -0.25) is 0 Å². The highest BCUT2D eigenvalue weighted by atomic mass is 19.2. The van der Waals surface area contributed by atoms with E-state index in [0.717, 1.165) is 12.1 Å². The van der Waals surface area contributed by atoms with Crippen LogP contribution in [0.1, 0.15) is 12.5 Å². The normalized spacial score (nSPS) is 12.6. The van der Waals surface area contributed by atoms with Gasteiger partial charge in [0.25, 0.3) is 0 Å². The summed E-state index contributed by atoms with van der Waals surface area (Å²) in [7, 11) is 0. The molecule has 0 amide bonds. The van der Waals surface area contributed by atoms with Crippen LogP contribution in [-0.4, -0.2) is 15.6 Å². The highest BCUT2D eigenvalue weighted by molar-refractivity contribution is 5.19. The molecule has 0 spiro atoms. The van der Waals surface area contributed by atoms with Gasteiger partial charge in [-0.05, 0) is 24.6 Å². The lowest BCUT2D eigenvalue weighted by molar-refractivity contribution is 0.440. The molecule has 0 saturated carbocycles. The molecule has 2 rings (SSSR count). The zero-order chi connectivity index (χ0) is 13.8. The van der Waals surface area contributed by atoms with Gasteiger partial charge in [-0.2, -0.15) is 0 Å². The van der Waals surface area contributed by atoms with Gasteiger partial charge in [0.05, 0.1) is 6.33 Å². The van der Waals surface area contributed by atoms with Crippen molar-refractivity contribution < 1.29 is 13.2 Å². The Labute approximate surface area is 109 Å². The van der Waals surface area contributed by atoms with Crippen LogP contribution in [0.3, 0.4) is 0 Å². The molecule has 0 aliphatic rings. The summed E-state index contributed by atoms with van der Waals surface area (Å²) in [5.41, 5.74) is 0.369. The van der Waals surface area contributed by atoms with Crippen molar-refractivity contribution in [3.63, 3.8) is 0 Å². The van der Waals surface area contributed by atoms with Crippen LogP contribution in [0.2, 0.25) is 0 Å². The van der Waals surface area contributed by atoms with Crippen LogP contribution >= 0.6 is 0 Å². The summed E-state index contributed by atoms with van der Waals surface area (Å²) < 4.78 is 40.7. The number of benzene rings is 1. The predicted molar refractivity (Wildman–Crippen MR) is 64.8 cm³/mol. The van der Waals surface area contributed by atoms with E-state index in [1.807, 2.05) is 17.7 Å². The molecule has 1 N–H and O–H groups in total. The molecule has 1 atom stereocenters. The molecule has 0 aliphatic heterocycles. The van der Waals surface area contributed by atoms with Gasteiger partial charge in [0.15, 0.2) is 17.5 Å². The largest absolute Gasteiger partial charge is 0.336 e. The lowest BCUT2D eigenvalue weighted by Crippen LogP contribution is -2.29. The first kappa shape index (κ1) is 13.6. The van der Waals surface area contributed by atoms with E-state index in [0.29, 0.717) is 12.1 Å². The van der Waals surface area contributed by atoms with E-state index >= 15 is 0 Å². The summed E-state index contributed by atoms with van der Waals surface area (Å²) in [6.07, 6.45) is 5.20. The Hall–Kier alpha value is -1.82. The van der Waals surface area contributed by atoms with E-state index in [1.165, 1.54) is 0 Å². The average molecular weight is 269 g/mol. The molecular formula is C13H14F3N3. The second-order valence-corrected chi connectivity index (χ2v) is 4.41. The first-order valence-electron chi connectivity index (χ1n) is 5.89. The number of hydrogen-bond donors (Lipinski definition) is 1. The maximum absolute atomic E-state index is 13.0. The van der Waals surface area contributed by atoms with Gasteiger partial charge < -0.3 is 9.88 Å². The third-order valence-corrected chi connectivity index (χ3v) is 2.74. The Kier molecular flexibility index (Phi) is 4.21. The Morgan fingerprint density at radius 3 is 2.53 bits per heavy atom.